The Balaban J connectivity index is 2.42. The van der Waals surface area contributed by atoms with Gasteiger partial charge in [0.2, 0.25) is 0 Å². The van der Waals surface area contributed by atoms with Crippen LogP contribution in [0.25, 0.3) is 11.3 Å². The average molecular weight is 216 g/mol. The monoisotopic (exact) mass is 216 g/mol. The van der Waals surface area contributed by atoms with Crippen LogP contribution in [-0.4, -0.2) is 16.9 Å². The molecule has 0 saturated heterocycles. The van der Waals surface area contributed by atoms with Crippen LogP contribution in [0, 0.1) is 0 Å². The fourth-order valence-corrected chi connectivity index (χ4v) is 1.63. The first kappa shape index (κ1) is 10.7. The summed E-state index contributed by atoms with van der Waals surface area (Å²) in [5, 5.41) is 4.53. The Morgan fingerprint density at radius 2 is 1.94 bits per heavy atom. The molecule has 2 rings (SSSR count). The lowest BCUT2D eigenvalue weighted by molar-refractivity contribution is 0.416. The van der Waals surface area contributed by atoms with Gasteiger partial charge in [0, 0.05) is 17.8 Å². The van der Waals surface area contributed by atoms with Crippen molar-refractivity contribution in [1.82, 2.24) is 9.78 Å². The topological polar surface area (TPSA) is 27.1 Å². The van der Waals surface area contributed by atoms with Crippen LogP contribution < -0.4 is 4.74 Å². The Kier molecular flexibility index (Phi) is 2.95. The van der Waals surface area contributed by atoms with Gasteiger partial charge in [0.25, 0.3) is 0 Å². The lowest BCUT2D eigenvalue weighted by atomic mass is 10.1. The van der Waals surface area contributed by atoms with Gasteiger partial charge in [-0.3, -0.25) is 4.68 Å². The zero-order valence-corrected chi connectivity index (χ0v) is 9.84. The first-order chi connectivity index (χ1) is 7.72. The van der Waals surface area contributed by atoms with Crippen LogP contribution >= 0.6 is 0 Å². The van der Waals surface area contributed by atoms with Gasteiger partial charge in [0.15, 0.2) is 0 Å². The quantitative estimate of drug-likeness (QED) is 0.788. The molecule has 0 bridgehead atoms. The van der Waals surface area contributed by atoms with Crippen molar-refractivity contribution >= 4 is 0 Å². The van der Waals surface area contributed by atoms with Gasteiger partial charge in [-0.15, -0.1) is 0 Å². The highest BCUT2D eigenvalue weighted by molar-refractivity contribution is 5.66. The number of ether oxygens (including phenoxy) is 1. The van der Waals surface area contributed by atoms with Crippen LogP contribution in [0.5, 0.6) is 5.75 Å². The maximum absolute atomic E-state index is 5.32. The largest absolute Gasteiger partial charge is 0.496 e. The first-order valence-electron chi connectivity index (χ1n) is 5.41. The van der Waals surface area contributed by atoms with Crippen molar-refractivity contribution in [1.29, 1.82) is 0 Å². The Hall–Kier alpha value is -1.77. The summed E-state index contributed by atoms with van der Waals surface area (Å²) in [5.41, 5.74) is 1.98. The molecule has 0 atom stereocenters. The van der Waals surface area contributed by atoms with E-state index in [2.05, 4.69) is 18.9 Å². The number of hydrogen-bond acceptors (Lipinski definition) is 2. The van der Waals surface area contributed by atoms with Gasteiger partial charge in [-0.2, -0.15) is 5.10 Å². The molecule has 2 aromatic rings. The zero-order chi connectivity index (χ0) is 11.5. The van der Waals surface area contributed by atoms with Gasteiger partial charge in [0.1, 0.15) is 5.75 Å². The summed E-state index contributed by atoms with van der Waals surface area (Å²) in [6, 6.07) is 10.3. The van der Waals surface area contributed by atoms with Crippen molar-refractivity contribution in [3.05, 3.63) is 36.5 Å². The summed E-state index contributed by atoms with van der Waals surface area (Å²) < 4.78 is 7.27. The number of hydrogen-bond donors (Lipinski definition) is 0. The van der Waals surface area contributed by atoms with Crippen LogP contribution in [0.15, 0.2) is 36.5 Å². The number of benzene rings is 1. The Morgan fingerprint density at radius 1 is 1.19 bits per heavy atom. The minimum atomic E-state index is 0.378. The lowest BCUT2D eigenvalue weighted by Crippen LogP contribution is -2.00. The predicted molar refractivity (Wildman–Crippen MR) is 64.6 cm³/mol. The Bertz CT molecular complexity index is 474. The second kappa shape index (κ2) is 4.39. The molecule has 3 nitrogen and oxygen atoms in total. The third kappa shape index (κ3) is 1.94. The number of nitrogens with zero attached hydrogens (tertiary/aromatic N) is 2. The van der Waals surface area contributed by atoms with Crippen molar-refractivity contribution in [3.63, 3.8) is 0 Å². The lowest BCUT2D eigenvalue weighted by Gasteiger charge is -2.06. The summed E-state index contributed by atoms with van der Waals surface area (Å²) in [6.45, 7) is 4.22. The summed E-state index contributed by atoms with van der Waals surface area (Å²) in [4.78, 5) is 0. The summed E-state index contributed by atoms with van der Waals surface area (Å²) in [5.74, 6) is 0.858. The molecule has 0 fully saturated rings. The molecule has 0 aliphatic heterocycles. The SMILES string of the molecule is COc1ccccc1-c1ccn(C(C)C)n1. The minimum absolute atomic E-state index is 0.378. The fraction of sp³-hybridized carbons (Fsp3) is 0.308. The third-order valence-corrected chi connectivity index (χ3v) is 2.52. The van der Waals surface area contributed by atoms with Crippen LogP contribution in [-0.2, 0) is 0 Å². The van der Waals surface area contributed by atoms with E-state index in [0.29, 0.717) is 6.04 Å². The molecule has 1 aromatic carbocycles. The Morgan fingerprint density at radius 3 is 2.56 bits per heavy atom. The number of methoxy groups -OCH3 is 1. The summed E-state index contributed by atoms with van der Waals surface area (Å²) in [6.07, 6.45) is 1.99. The highest BCUT2D eigenvalue weighted by Crippen LogP contribution is 2.28. The number of rotatable bonds is 3. The van der Waals surface area contributed by atoms with Gasteiger partial charge in [-0.1, -0.05) is 12.1 Å². The molecule has 0 N–H and O–H groups in total. The van der Waals surface area contributed by atoms with E-state index in [9.17, 15) is 0 Å². The van der Waals surface area contributed by atoms with Crippen molar-refractivity contribution in [2.75, 3.05) is 7.11 Å². The highest BCUT2D eigenvalue weighted by Gasteiger charge is 2.08. The Labute approximate surface area is 95.7 Å². The molecule has 1 aromatic heterocycles. The van der Waals surface area contributed by atoms with Crippen LogP contribution in [0.1, 0.15) is 19.9 Å². The molecule has 0 saturated carbocycles. The predicted octanol–water partition coefficient (Wildman–Crippen LogP) is 3.14. The van der Waals surface area contributed by atoms with E-state index in [1.54, 1.807) is 7.11 Å². The van der Waals surface area contributed by atoms with Crippen LogP contribution in [0.3, 0.4) is 0 Å². The maximum atomic E-state index is 5.32. The fourth-order valence-electron chi connectivity index (χ4n) is 1.63. The van der Waals surface area contributed by atoms with E-state index in [0.717, 1.165) is 17.0 Å². The summed E-state index contributed by atoms with van der Waals surface area (Å²) in [7, 11) is 1.68. The molecule has 84 valence electrons. The van der Waals surface area contributed by atoms with E-state index >= 15 is 0 Å². The maximum Gasteiger partial charge on any atom is 0.128 e. The van der Waals surface area contributed by atoms with Crippen molar-refractivity contribution in [3.8, 4) is 17.0 Å². The highest BCUT2D eigenvalue weighted by atomic mass is 16.5. The second-order valence-corrected chi connectivity index (χ2v) is 3.98. The molecular formula is C13H16N2O. The van der Waals surface area contributed by atoms with Gasteiger partial charge in [0.05, 0.1) is 12.8 Å². The van der Waals surface area contributed by atoms with Crippen molar-refractivity contribution in [2.45, 2.75) is 19.9 Å². The molecule has 0 aliphatic rings. The standard InChI is InChI=1S/C13H16N2O/c1-10(2)15-9-8-12(14-15)11-6-4-5-7-13(11)16-3/h4-10H,1-3H3. The van der Waals surface area contributed by atoms with E-state index in [-0.39, 0.29) is 0 Å². The first-order valence-corrected chi connectivity index (χ1v) is 5.41. The van der Waals surface area contributed by atoms with Gasteiger partial charge in [-0.05, 0) is 32.0 Å². The summed E-state index contributed by atoms with van der Waals surface area (Å²) >= 11 is 0. The minimum Gasteiger partial charge on any atom is -0.496 e. The second-order valence-electron chi connectivity index (χ2n) is 3.98. The van der Waals surface area contributed by atoms with Crippen LogP contribution in [0.2, 0.25) is 0 Å². The average Bonchev–Trinajstić information content (AvgIpc) is 2.78. The van der Waals surface area contributed by atoms with Gasteiger partial charge in [-0.25, -0.2) is 0 Å². The van der Waals surface area contributed by atoms with E-state index in [4.69, 9.17) is 4.74 Å². The molecule has 1 heterocycles. The van der Waals surface area contributed by atoms with Gasteiger partial charge < -0.3 is 4.74 Å². The molecule has 3 heteroatoms. The molecule has 0 aliphatic carbocycles. The smallest absolute Gasteiger partial charge is 0.128 e. The molecule has 0 radical (unpaired) electrons. The van der Waals surface area contributed by atoms with E-state index in [1.165, 1.54) is 0 Å². The molecule has 0 amide bonds. The van der Waals surface area contributed by atoms with Gasteiger partial charge >= 0.3 is 0 Å². The van der Waals surface area contributed by atoms with Crippen molar-refractivity contribution in [2.24, 2.45) is 0 Å². The van der Waals surface area contributed by atoms with E-state index in [1.807, 2.05) is 41.2 Å². The van der Waals surface area contributed by atoms with E-state index < -0.39 is 0 Å². The third-order valence-electron chi connectivity index (χ3n) is 2.52. The molecule has 16 heavy (non-hydrogen) atoms. The molecule has 0 spiro atoms. The molecule has 0 unspecified atom stereocenters. The number of aromatic nitrogens is 2. The zero-order valence-electron chi connectivity index (χ0n) is 9.84. The normalized spacial score (nSPS) is 10.8. The van der Waals surface area contributed by atoms with Crippen LogP contribution in [0.4, 0.5) is 0 Å². The van der Waals surface area contributed by atoms with Crippen molar-refractivity contribution < 1.29 is 4.74 Å². The number of para-hydroxylation sites is 1. The molecular weight excluding hydrogens is 200 g/mol.